The van der Waals surface area contributed by atoms with Crippen LogP contribution in [-0.4, -0.2) is 59.2 Å². The third kappa shape index (κ3) is 6.69. The van der Waals surface area contributed by atoms with Gasteiger partial charge in [0.2, 0.25) is 0 Å². The van der Waals surface area contributed by atoms with Crippen molar-refractivity contribution < 1.29 is 14.9 Å². The van der Waals surface area contributed by atoms with Gasteiger partial charge >= 0.3 is 0 Å². The molecule has 0 aromatic rings. The molecule has 0 aromatic carbocycles. The zero-order valence-corrected chi connectivity index (χ0v) is 15.7. The monoisotopic (exact) mass is 329 g/mol. The smallest absolute Gasteiger partial charge is 0.101 e. The number of hydrogen-bond donors (Lipinski definition) is 2. The molecule has 5 atom stereocenters. The lowest BCUT2D eigenvalue weighted by Crippen LogP contribution is -2.50. The van der Waals surface area contributed by atoms with E-state index in [1.807, 2.05) is 0 Å². The van der Waals surface area contributed by atoms with Gasteiger partial charge < -0.3 is 14.9 Å². The molecule has 1 rings (SSSR count). The Hall–Kier alpha value is -0.160. The van der Waals surface area contributed by atoms with E-state index in [-0.39, 0.29) is 12.1 Å². The van der Waals surface area contributed by atoms with Gasteiger partial charge in [-0.1, -0.05) is 52.4 Å². The molecule has 4 nitrogen and oxygen atoms in total. The summed E-state index contributed by atoms with van der Waals surface area (Å²) < 4.78 is 6.00. The van der Waals surface area contributed by atoms with E-state index < -0.39 is 12.2 Å². The van der Waals surface area contributed by atoms with E-state index in [0.29, 0.717) is 19.1 Å². The average Bonchev–Trinajstić information content (AvgIpc) is 2.81. The summed E-state index contributed by atoms with van der Waals surface area (Å²) in [7, 11) is 2.06. The SMILES string of the molecule is CCCCCCCOC1C(O)CC(O)C1N(C)C(C)CCCC. The van der Waals surface area contributed by atoms with Crippen LogP contribution >= 0.6 is 0 Å². The van der Waals surface area contributed by atoms with E-state index in [4.69, 9.17) is 4.74 Å². The Morgan fingerprint density at radius 2 is 1.65 bits per heavy atom. The van der Waals surface area contributed by atoms with Crippen LogP contribution in [0.4, 0.5) is 0 Å². The third-order valence-electron chi connectivity index (χ3n) is 5.29. The molecule has 0 saturated heterocycles. The first kappa shape index (κ1) is 20.9. The summed E-state index contributed by atoms with van der Waals surface area (Å²) in [6.07, 6.45) is 8.64. The molecule has 1 aliphatic carbocycles. The van der Waals surface area contributed by atoms with Crippen molar-refractivity contribution >= 4 is 0 Å². The average molecular weight is 330 g/mol. The van der Waals surface area contributed by atoms with Crippen LogP contribution in [0.5, 0.6) is 0 Å². The molecule has 2 N–H and O–H groups in total. The van der Waals surface area contributed by atoms with Crippen molar-refractivity contribution in [2.24, 2.45) is 0 Å². The second kappa shape index (κ2) is 11.4. The molecule has 138 valence electrons. The van der Waals surface area contributed by atoms with Crippen LogP contribution in [-0.2, 0) is 4.74 Å². The molecular formula is C19H39NO3. The van der Waals surface area contributed by atoms with Crippen LogP contribution in [0.15, 0.2) is 0 Å². The van der Waals surface area contributed by atoms with Crippen molar-refractivity contribution in [3.8, 4) is 0 Å². The van der Waals surface area contributed by atoms with Crippen LogP contribution in [0.25, 0.3) is 0 Å². The Balaban J connectivity index is 2.47. The van der Waals surface area contributed by atoms with Crippen LogP contribution in [0.2, 0.25) is 0 Å². The number of unbranched alkanes of at least 4 members (excludes halogenated alkanes) is 5. The molecule has 1 saturated carbocycles. The summed E-state index contributed by atoms with van der Waals surface area (Å²) >= 11 is 0. The minimum absolute atomic E-state index is 0.0903. The van der Waals surface area contributed by atoms with Crippen molar-refractivity contribution in [2.45, 2.75) is 109 Å². The molecule has 1 fully saturated rings. The number of aliphatic hydroxyl groups is 2. The minimum atomic E-state index is -0.550. The number of ether oxygens (including phenoxy) is 1. The number of rotatable bonds is 12. The van der Waals surface area contributed by atoms with Gasteiger partial charge in [-0.05, 0) is 26.8 Å². The zero-order valence-electron chi connectivity index (χ0n) is 15.7. The van der Waals surface area contributed by atoms with Gasteiger partial charge in [0, 0.05) is 19.1 Å². The molecule has 1 aliphatic rings. The molecule has 0 bridgehead atoms. The first-order valence-electron chi connectivity index (χ1n) is 9.72. The van der Waals surface area contributed by atoms with Crippen LogP contribution in [0, 0.1) is 0 Å². The Morgan fingerprint density at radius 3 is 2.30 bits per heavy atom. The number of hydrogen-bond acceptors (Lipinski definition) is 4. The molecule has 4 heteroatoms. The first-order chi connectivity index (χ1) is 11.0. The largest absolute Gasteiger partial charge is 0.391 e. The third-order valence-corrected chi connectivity index (χ3v) is 5.29. The highest BCUT2D eigenvalue weighted by Gasteiger charge is 2.45. The summed E-state index contributed by atoms with van der Waals surface area (Å²) in [6.45, 7) is 7.30. The molecule has 0 aliphatic heterocycles. The fraction of sp³-hybridized carbons (Fsp3) is 1.00. The van der Waals surface area contributed by atoms with E-state index in [1.54, 1.807) is 0 Å². The number of likely N-dealkylation sites (N-methyl/N-ethyl adjacent to an activating group) is 1. The maximum atomic E-state index is 10.4. The Morgan fingerprint density at radius 1 is 1.00 bits per heavy atom. The summed E-state index contributed by atoms with van der Waals surface area (Å²) in [5.74, 6) is 0. The predicted octanol–water partition coefficient (Wildman–Crippen LogP) is 3.35. The molecule has 0 aromatic heterocycles. The van der Waals surface area contributed by atoms with Crippen molar-refractivity contribution in [2.75, 3.05) is 13.7 Å². The van der Waals surface area contributed by atoms with Gasteiger partial charge in [0.15, 0.2) is 0 Å². The second-order valence-corrected chi connectivity index (χ2v) is 7.27. The quantitative estimate of drug-likeness (QED) is 0.539. The molecule has 5 unspecified atom stereocenters. The first-order valence-corrected chi connectivity index (χ1v) is 9.72. The van der Waals surface area contributed by atoms with Gasteiger partial charge in [-0.15, -0.1) is 0 Å². The van der Waals surface area contributed by atoms with E-state index in [1.165, 1.54) is 38.5 Å². The molecule has 0 radical (unpaired) electrons. The predicted molar refractivity (Wildman–Crippen MR) is 95.7 cm³/mol. The highest BCUT2D eigenvalue weighted by Crippen LogP contribution is 2.29. The van der Waals surface area contributed by atoms with Crippen LogP contribution in [0.1, 0.15) is 78.6 Å². The number of nitrogens with zero attached hydrogens (tertiary/aromatic N) is 1. The standard InChI is InChI=1S/C19H39NO3/c1-5-7-9-10-11-13-23-19-17(22)14-16(21)18(19)20(4)15(3)12-8-6-2/h15-19,21-22H,5-14H2,1-4H3. The maximum Gasteiger partial charge on any atom is 0.101 e. The van der Waals surface area contributed by atoms with E-state index in [2.05, 4.69) is 32.7 Å². The zero-order chi connectivity index (χ0) is 17.2. The van der Waals surface area contributed by atoms with E-state index in [0.717, 1.165) is 12.8 Å². The Labute approximate surface area is 143 Å². The Bertz CT molecular complexity index is 300. The highest BCUT2D eigenvalue weighted by atomic mass is 16.5. The van der Waals surface area contributed by atoms with Crippen molar-refractivity contribution in [3.63, 3.8) is 0 Å². The summed E-state index contributed by atoms with van der Waals surface area (Å²) in [5.41, 5.74) is 0. The van der Waals surface area contributed by atoms with Crippen molar-refractivity contribution in [1.29, 1.82) is 0 Å². The van der Waals surface area contributed by atoms with Crippen molar-refractivity contribution in [3.05, 3.63) is 0 Å². The summed E-state index contributed by atoms with van der Waals surface area (Å²) in [6, 6.07) is 0.308. The van der Waals surface area contributed by atoms with Gasteiger partial charge in [-0.25, -0.2) is 0 Å². The lowest BCUT2D eigenvalue weighted by Gasteiger charge is -2.36. The Kier molecular flexibility index (Phi) is 10.4. The van der Waals surface area contributed by atoms with Gasteiger partial charge in [0.05, 0.1) is 18.2 Å². The molecule has 0 heterocycles. The van der Waals surface area contributed by atoms with Crippen LogP contribution in [0.3, 0.4) is 0 Å². The molecule has 0 amide bonds. The van der Waals surface area contributed by atoms with E-state index in [9.17, 15) is 10.2 Å². The van der Waals surface area contributed by atoms with Crippen LogP contribution < -0.4 is 0 Å². The molecule has 0 spiro atoms. The fourth-order valence-corrected chi connectivity index (χ4v) is 3.60. The maximum absolute atomic E-state index is 10.4. The lowest BCUT2D eigenvalue weighted by molar-refractivity contribution is -0.0661. The summed E-state index contributed by atoms with van der Waals surface area (Å²) in [5, 5.41) is 20.6. The van der Waals surface area contributed by atoms with Gasteiger partial charge in [-0.3, -0.25) is 4.90 Å². The summed E-state index contributed by atoms with van der Waals surface area (Å²) in [4.78, 5) is 2.22. The lowest BCUT2D eigenvalue weighted by atomic mass is 10.0. The normalized spacial score (nSPS) is 29.3. The minimum Gasteiger partial charge on any atom is -0.391 e. The topological polar surface area (TPSA) is 52.9 Å². The highest BCUT2D eigenvalue weighted by molar-refractivity contribution is 4.99. The van der Waals surface area contributed by atoms with Gasteiger partial charge in [0.25, 0.3) is 0 Å². The fourth-order valence-electron chi connectivity index (χ4n) is 3.60. The molecular weight excluding hydrogens is 290 g/mol. The van der Waals surface area contributed by atoms with Gasteiger partial charge in [0.1, 0.15) is 6.10 Å². The molecule has 23 heavy (non-hydrogen) atoms. The van der Waals surface area contributed by atoms with Gasteiger partial charge in [-0.2, -0.15) is 0 Å². The number of aliphatic hydroxyl groups excluding tert-OH is 2. The van der Waals surface area contributed by atoms with E-state index >= 15 is 0 Å². The second-order valence-electron chi connectivity index (χ2n) is 7.27. The van der Waals surface area contributed by atoms with Crippen molar-refractivity contribution in [1.82, 2.24) is 4.90 Å².